The molecule has 3 heterocycles. The highest BCUT2D eigenvalue weighted by molar-refractivity contribution is 6.12. The fourth-order valence-electron chi connectivity index (χ4n) is 13.8. The third-order valence-electron chi connectivity index (χ3n) is 20.0. The maximum absolute atomic E-state index is 14.7. The van der Waals surface area contributed by atoms with Gasteiger partial charge in [0.2, 0.25) is 47.3 Å². The Kier molecular flexibility index (Phi) is 35.4. The predicted octanol–water partition coefficient (Wildman–Crippen LogP) is 1.82. The molecule has 0 spiro atoms. The van der Waals surface area contributed by atoms with Crippen molar-refractivity contribution in [1.29, 1.82) is 0 Å². The molecule has 5 rings (SSSR count). The highest BCUT2D eigenvalue weighted by atomic mass is 16.5. The number of unbranched alkanes of at least 4 members (excludes halogenated alkanes) is 2. The number of benzene rings is 2. The lowest BCUT2D eigenvalue weighted by Gasteiger charge is -2.41. The van der Waals surface area contributed by atoms with Crippen LogP contribution < -0.4 is 48.3 Å². The number of amides is 13. The molecule has 0 saturated carbocycles. The first-order valence-electron chi connectivity index (χ1n) is 36.8. The number of aliphatic hydroxyl groups is 2. The number of nitrogens with two attached hydrogens (primary N) is 1. The van der Waals surface area contributed by atoms with Gasteiger partial charge in [0.05, 0.1) is 42.7 Å². The van der Waals surface area contributed by atoms with E-state index in [2.05, 4.69) is 42.5 Å². The Bertz CT molecular complexity index is 3240. The van der Waals surface area contributed by atoms with Crippen molar-refractivity contribution >= 4 is 76.7 Å². The van der Waals surface area contributed by atoms with E-state index in [-0.39, 0.29) is 106 Å². The molecule has 105 heavy (non-hydrogen) atoms. The zero-order valence-electron chi connectivity index (χ0n) is 63.6. The molecule has 2 saturated heterocycles. The minimum Gasteiger partial charge on any atom is -0.388 e. The molecule has 0 radical (unpaired) electrons. The standard InChI is InChI=1S/C75H117N13O17/c1-15-46(8)63(86(12)74(101)61(44(4)5)84-72(99)62(45(6)7)85(10)11)54(103-13)41-59(92)87-39-23-27-53(87)66(104-14)47(9)68(95)82-52(40-49-24-18-16-19-25-49)69(96)77-37-35-48-29-31-50(32-30-48)80-70(97)51(26-22-36-78-75(76)102)81-71(98)60(43(2)3)83-73(100)67-65(94)64(93)55(105-67)42-79-56(89)28-20-17-21-38-88-57(90)33-34-58(88)91/h16,18-19,24-25,29-34,43-47,51-55,60-67,93-94H,15,17,20-23,26-28,35-42H2,1-14H3,(H,77,96)(H,79,89)(H,80,97)(H,81,98)(H,82,95)(H,83,100)(H,84,99)(H3,76,78,102)/t46-,47+,51+,52?,53-,54+,55+,60?,61?,62-,63-,64?,65?,66+,67+/m0/s1. The molecule has 13 amide bonds. The van der Waals surface area contributed by atoms with Gasteiger partial charge in [0.15, 0.2) is 6.10 Å². The number of primary amides is 1. The quantitative estimate of drug-likeness (QED) is 0.0333. The molecule has 15 atom stereocenters. The number of rotatable bonds is 43. The molecule has 3 aliphatic rings. The van der Waals surface area contributed by atoms with Crippen molar-refractivity contribution in [2.45, 2.75) is 218 Å². The summed E-state index contributed by atoms with van der Waals surface area (Å²) < 4.78 is 17.9. The van der Waals surface area contributed by atoms with Crippen LogP contribution in [0.15, 0.2) is 66.7 Å². The Labute approximate surface area is 617 Å². The number of imide groups is 1. The second kappa shape index (κ2) is 42.7. The summed E-state index contributed by atoms with van der Waals surface area (Å²) in [6, 6.07) is 9.32. The second-order valence-corrected chi connectivity index (χ2v) is 29.0. The van der Waals surface area contributed by atoms with Crippen molar-refractivity contribution < 1.29 is 82.0 Å². The van der Waals surface area contributed by atoms with Gasteiger partial charge in [-0.05, 0) is 106 Å². The molecule has 30 nitrogen and oxygen atoms in total. The van der Waals surface area contributed by atoms with Crippen molar-refractivity contribution in [2.75, 3.05) is 73.4 Å². The normalized spacial score (nSPS) is 20.1. The molecular weight excluding hydrogens is 1350 g/mol. The third-order valence-corrected chi connectivity index (χ3v) is 20.0. The number of carbonyl (C=O) groups excluding carboxylic acids is 12. The fraction of sp³-hybridized carbons (Fsp3) is 0.653. The molecule has 3 aliphatic heterocycles. The number of methoxy groups -OCH3 is 2. The maximum atomic E-state index is 14.7. The summed E-state index contributed by atoms with van der Waals surface area (Å²) in [4.78, 5) is 167. The van der Waals surface area contributed by atoms with Crippen molar-refractivity contribution in [1.82, 2.24) is 56.8 Å². The first kappa shape index (κ1) is 87.2. The van der Waals surface area contributed by atoms with Gasteiger partial charge < -0.3 is 82.5 Å². The number of likely N-dealkylation sites (N-methyl/N-ethyl adjacent to an activating group) is 2. The second-order valence-electron chi connectivity index (χ2n) is 29.0. The van der Waals surface area contributed by atoms with Crippen LogP contribution in [0.1, 0.15) is 138 Å². The molecular formula is C75H117N13O17. The molecule has 2 fully saturated rings. The SMILES string of the molecule is CC[C@H](C)[C@@H]([C@@H](CC(=O)N1CCC[C@H]1[C@H](OC)[C@@H](C)C(=O)NC(Cc1ccccc1)C(=O)NCCc1ccc(NC(=O)[C@@H](CCCNC(N)=O)NC(=O)C(NC(=O)[C@@H]2O[C@H](CNC(=O)CCCCCN3C(=O)C=CC3=O)C(O)C2O)C(C)C)cc1)OC)N(C)C(=O)C(NC(=O)[C@H](C(C)C)N(C)C)C(C)C. The number of aliphatic hydroxyl groups excluding tert-OH is 2. The van der Waals surface area contributed by atoms with Crippen LogP contribution in [0.5, 0.6) is 0 Å². The molecule has 12 N–H and O–H groups in total. The number of nitrogens with one attached hydrogen (secondary N) is 8. The Hall–Kier alpha value is -8.42. The molecule has 0 aromatic heterocycles. The average Bonchev–Trinajstić information content (AvgIpc) is 1.79. The van der Waals surface area contributed by atoms with Crippen LogP contribution in [0.25, 0.3) is 0 Å². The van der Waals surface area contributed by atoms with Crippen LogP contribution in [0.2, 0.25) is 0 Å². The number of nitrogens with zero attached hydrogens (tertiary/aromatic N) is 4. The van der Waals surface area contributed by atoms with E-state index in [1.165, 1.54) is 26.4 Å². The average molecular weight is 1470 g/mol. The monoisotopic (exact) mass is 1470 g/mol. The van der Waals surface area contributed by atoms with Gasteiger partial charge >= 0.3 is 6.03 Å². The molecule has 0 bridgehead atoms. The number of hydrogen-bond donors (Lipinski definition) is 11. The van der Waals surface area contributed by atoms with Crippen LogP contribution in [0.3, 0.4) is 0 Å². The first-order chi connectivity index (χ1) is 49.7. The van der Waals surface area contributed by atoms with Crippen LogP contribution in [0, 0.1) is 29.6 Å². The van der Waals surface area contributed by atoms with E-state index in [0.717, 1.165) is 16.0 Å². The van der Waals surface area contributed by atoms with Gasteiger partial charge in [-0.2, -0.15) is 0 Å². The molecule has 5 unspecified atom stereocenters. The lowest BCUT2D eigenvalue weighted by atomic mass is 9.89. The Morgan fingerprint density at radius 1 is 0.676 bits per heavy atom. The van der Waals surface area contributed by atoms with Gasteiger partial charge in [-0.1, -0.05) is 118 Å². The van der Waals surface area contributed by atoms with Gasteiger partial charge in [0, 0.05) is 84.7 Å². The van der Waals surface area contributed by atoms with Crippen LogP contribution in [-0.4, -0.2) is 248 Å². The van der Waals surface area contributed by atoms with E-state index in [1.807, 2.05) is 90.9 Å². The van der Waals surface area contributed by atoms with Gasteiger partial charge in [-0.15, -0.1) is 0 Å². The molecule has 0 aliphatic carbocycles. The summed E-state index contributed by atoms with van der Waals surface area (Å²) in [6.45, 7) is 17.3. The summed E-state index contributed by atoms with van der Waals surface area (Å²) in [5.41, 5.74) is 7.19. The summed E-state index contributed by atoms with van der Waals surface area (Å²) in [5, 5.41) is 43.9. The largest absolute Gasteiger partial charge is 0.388 e. The number of anilines is 1. The minimum atomic E-state index is -1.73. The lowest BCUT2D eigenvalue weighted by molar-refractivity contribution is -0.148. The zero-order chi connectivity index (χ0) is 77.9. The predicted molar refractivity (Wildman–Crippen MR) is 393 cm³/mol. The summed E-state index contributed by atoms with van der Waals surface area (Å²) >= 11 is 0. The first-order valence-corrected chi connectivity index (χ1v) is 36.8. The van der Waals surface area contributed by atoms with Crippen molar-refractivity contribution in [2.24, 2.45) is 35.3 Å². The van der Waals surface area contributed by atoms with E-state index in [9.17, 15) is 67.7 Å². The summed E-state index contributed by atoms with van der Waals surface area (Å²) in [6.07, 6.45) is -1.22. The van der Waals surface area contributed by atoms with Gasteiger partial charge in [-0.25, -0.2) is 4.79 Å². The van der Waals surface area contributed by atoms with E-state index < -0.39 is 132 Å². The van der Waals surface area contributed by atoms with E-state index in [1.54, 1.807) is 61.9 Å². The maximum Gasteiger partial charge on any atom is 0.312 e. The third kappa shape index (κ3) is 25.7. The zero-order valence-corrected chi connectivity index (χ0v) is 63.6. The van der Waals surface area contributed by atoms with Gasteiger partial charge in [0.25, 0.3) is 17.7 Å². The van der Waals surface area contributed by atoms with E-state index >= 15 is 0 Å². The van der Waals surface area contributed by atoms with Crippen molar-refractivity contribution in [3.8, 4) is 0 Å². The molecule has 30 heteroatoms. The molecule has 2 aromatic carbocycles. The van der Waals surface area contributed by atoms with Crippen LogP contribution in [0.4, 0.5) is 10.5 Å². The van der Waals surface area contributed by atoms with Gasteiger partial charge in [0.1, 0.15) is 42.5 Å². The van der Waals surface area contributed by atoms with Crippen molar-refractivity contribution in [3.63, 3.8) is 0 Å². The number of carbonyl (C=O) groups is 12. The highest BCUT2D eigenvalue weighted by Crippen LogP contribution is 2.31. The number of urea groups is 1. The fourth-order valence-corrected chi connectivity index (χ4v) is 13.8. The topological polar surface area (TPSA) is 408 Å². The van der Waals surface area contributed by atoms with Crippen LogP contribution in [-0.2, 0) is 79.8 Å². The Balaban J connectivity index is 1.18. The van der Waals surface area contributed by atoms with Crippen LogP contribution >= 0.6 is 0 Å². The van der Waals surface area contributed by atoms with E-state index in [0.29, 0.717) is 57.2 Å². The minimum absolute atomic E-state index is 0.00972. The lowest BCUT2D eigenvalue weighted by Crippen LogP contribution is -2.59. The molecule has 584 valence electrons. The number of ether oxygens (including phenoxy) is 3. The summed E-state index contributed by atoms with van der Waals surface area (Å²) in [5.74, 6) is -6.98. The Morgan fingerprint density at radius 3 is 1.91 bits per heavy atom. The molecule has 2 aromatic rings. The van der Waals surface area contributed by atoms with E-state index in [4.69, 9.17) is 19.9 Å². The summed E-state index contributed by atoms with van der Waals surface area (Å²) in [7, 11) is 8.37. The highest BCUT2D eigenvalue weighted by Gasteiger charge is 2.48. The van der Waals surface area contributed by atoms with Gasteiger partial charge in [-0.3, -0.25) is 62.5 Å². The van der Waals surface area contributed by atoms with Crippen molar-refractivity contribution in [3.05, 3.63) is 77.9 Å². The number of hydrogen-bond acceptors (Lipinski definition) is 18. The smallest absolute Gasteiger partial charge is 0.312 e. The number of likely N-dealkylation sites (tertiary alicyclic amines) is 1. The Morgan fingerprint density at radius 2 is 1.32 bits per heavy atom.